The Morgan fingerprint density at radius 3 is 2.59 bits per heavy atom. The number of esters is 1. The molecule has 7 heteroatoms. The zero-order valence-electron chi connectivity index (χ0n) is 14.2. The predicted octanol–water partition coefficient (Wildman–Crippen LogP) is 4.27. The molecule has 1 aliphatic heterocycles. The molecule has 2 heterocycles. The summed E-state index contributed by atoms with van der Waals surface area (Å²) >= 11 is 0. The van der Waals surface area contributed by atoms with E-state index in [1.807, 2.05) is 30.3 Å². The average molecular weight is 372 g/mol. The molecule has 1 aromatic heterocycles. The fourth-order valence-electron chi connectivity index (χ4n) is 3.23. The van der Waals surface area contributed by atoms with Gasteiger partial charge in [0.1, 0.15) is 23.7 Å². The van der Waals surface area contributed by atoms with Crippen molar-refractivity contribution in [1.82, 2.24) is 9.78 Å². The fourth-order valence-corrected chi connectivity index (χ4v) is 3.23. The van der Waals surface area contributed by atoms with Crippen LogP contribution in [-0.2, 0) is 24.3 Å². The van der Waals surface area contributed by atoms with Gasteiger partial charge in [-0.25, -0.2) is 18.0 Å². The average Bonchev–Trinajstić information content (AvgIpc) is 3.24. The summed E-state index contributed by atoms with van der Waals surface area (Å²) in [7, 11) is 0. The lowest BCUT2D eigenvalue weighted by Gasteiger charge is -2.08. The number of aromatic nitrogens is 2. The van der Waals surface area contributed by atoms with E-state index in [1.165, 1.54) is 0 Å². The van der Waals surface area contributed by atoms with Crippen molar-refractivity contribution in [3.63, 3.8) is 0 Å². The number of carbonyl (C=O) groups is 1. The highest BCUT2D eigenvalue weighted by Crippen LogP contribution is 2.33. The minimum Gasteiger partial charge on any atom is -0.457 e. The van der Waals surface area contributed by atoms with Gasteiger partial charge < -0.3 is 4.74 Å². The highest BCUT2D eigenvalue weighted by molar-refractivity contribution is 5.97. The van der Waals surface area contributed by atoms with Crippen molar-refractivity contribution in [2.24, 2.45) is 0 Å². The molecular formula is C20H15F3N2O2. The van der Waals surface area contributed by atoms with Crippen LogP contribution in [0, 0.1) is 17.5 Å². The van der Waals surface area contributed by atoms with Gasteiger partial charge >= 0.3 is 5.97 Å². The number of fused-ring (bicyclic) bond motifs is 1. The van der Waals surface area contributed by atoms with Crippen LogP contribution in [0.5, 0.6) is 0 Å². The summed E-state index contributed by atoms with van der Waals surface area (Å²) in [5.41, 5.74) is 1.23. The van der Waals surface area contributed by atoms with Crippen molar-refractivity contribution in [1.29, 1.82) is 0 Å². The van der Waals surface area contributed by atoms with Crippen LogP contribution in [0.15, 0.2) is 42.5 Å². The lowest BCUT2D eigenvalue weighted by Crippen LogP contribution is -2.09. The number of rotatable bonds is 4. The third kappa shape index (κ3) is 3.20. The van der Waals surface area contributed by atoms with E-state index >= 15 is 0 Å². The SMILES string of the molecule is O=C(OCc1ccccc1)c1c(-c2cc(F)c(F)cc2F)nn2c1CCC2. The molecule has 0 radical (unpaired) electrons. The monoisotopic (exact) mass is 372 g/mol. The minimum atomic E-state index is -1.30. The van der Waals surface area contributed by atoms with Gasteiger partial charge in [-0.3, -0.25) is 4.68 Å². The first-order valence-corrected chi connectivity index (χ1v) is 8.50. The first-order valence-electron chi connectivity index (χ1n) is 8.50. The van der Waals surface area contributed by atoms with Crippen molar-refractivity contribution in [2.75, 3.05) is 0 Å². The second-order valence-electron chi connectivity index (χ2n) is 6.30. The van der Waals surface area contributed by atoms with Crippen LogP contribution < -0.4 is 0 Å². The Morgan fingerprint density at radius 1 is 1.07 bits per heavy atom. The first-order chi connectivity index (χ1) is 13.0. The van der Waals surface area contributed by atoms with Gasteiger partial charge in [-0.15, -0.1) is 0 Å². The van der Waals surface area contributed by atoms with Gasteiger partial charge in [0.25, 0.3) is 0 Å². The van der Waals surface area contributed by atoms with E-state index in [-0.39, 0.29) is 23.4 Å². The molecule has 3 aromatic rings. The molecule has 0 N–H and O–H groups in total. The smallest absolute Gasteiger partial charge is 0.342 e. The van der Waals surface area contributed by atoms with E-state index < -0.39 is 23.4 Å². The molecule has 4 rings (SSSR count). The van der Waals surface area contributed by atoms with Crippen LogP contribution in [0.3, 0.4) is 0 Å². The summed E-state index contributed by atoms with van der Waals surface area (Å²) in [6.45, 7) is 0.615. The third-order valence-electron chi connectivity index (χ3n) is 4.52. The molecule has 0 spiro atoms. The third-order valence-corrected chi connectivity index (χ3v) is 4.52. The molecule has 2 aromatic carbocycles. The van der Waals surface area contributed by atoms with E-state index in [2.05, 4.69) is 5.10 Å². The van der Waals surface area contributed by atoms with Gasteiger partial charge in [0.05, 0.1) is 5.69 Å². The Hall–Kier alpha value is -3.09. The maximum Gasteiger partial charge on any atom is 0.342 e. The number of carbonyl (C=O) groups excluding carboxylic acids is 1. The molecule has 0 saturated heterocycles. The normalized spacial score (nSPS) is 12.9. The summed E-state index contributed by atoms with van der Waals surface area (Å²) < 4.78 is 48.2. The highest BCUT2D eigenvalue weighted by atomic mass is 19.2. The molecule has 27 heavy (non-hydrogen) atoms. The standard InChI is InChI=1S/C20H15F3N2O2/c21-14-10-16(23)15(22)9-13(14)19-18(17-7-4-8-25(17)24-19)20(26)27-11-12-5-2-1-3-6-12/h1-3,5-6,9-10H,4,7-8,11H2. The second-order valence-corrected chi connectivity index (χ2v) is 6.30. The predicted molar refractivity (Wildman–Crippen MR) is 91.4 cm³/mol. The molecule has 0 saturated carbocycles. The van der Waals surface area contributed by atoms with Crippen molar-refractivity contribution in [3.8, 4) is 11.3 Å². The maximum atomic E-state index is 14.3. The molecule has 0 bridgehead atoms. The first kappa shape index (κ1) is 17.3. The molecule has 0 aliphatic carbocycles. The van der Waals surface area contributed by atoms with Crippen molar-refractivity contribution in [3.05, 3.63) is 76.7 Å². The summed E-state index contributed by atoms with van der Waals surface area (Å²) in [5.74, 6) is -4.15. The Bertz CT molecular complexity index is 1020. The number of hydrogen-bond acceptors (Lipinski definition) is 3. The second kappa shape index (κ2) is 6.90. The molecule has 4 nitrogen and oxygen atoms in total. The molecule has 1 aliphatic rings. The zero-order valence-corrected chi connectivity index (χ0v) is 14.2. The Balaban J connectivity index is 1.72. The maximum absolute atomic E-state index is 14.3. The van der Waals surface area contributed by atoms with E-state index in [0.717, 1.165) is 18.1 Å². The highest BCUT2D eigenvalue weighted by Gasteiger charge is 2.30. The van der Waals surface area contributed by atoms with Crippen molar-refractivity contribution < 1.29 is 22.7 Å². The van der Waals surface area contributed by atoms with Gasteiger partial charge in [0.15, 0.2) is 11.6 Å². The number of hydrogen-bond donors (Lipinski definition) is 0. The largest absolute Gasteiger partial charge is 0.457 e. The topological polar surface area (TPSA) is 44.1 Å². The molecule has 138 valence electrons. The fraction of sp³-hybridized carbons (Fsp3) is 0.200. The van der Waals surface area contributed by atoms with Crippen LogP contribution in [-0.4, -0.2) is 15.7 Å². The number of halogens is 3. The summed E-state index contributed by atoms with van der Waals surface area (Å²) in [5, 5.41) is 4.26. The van der Waals surface area contributed by atoms with Gasteiger partial charge in [0, 0.05) is 18.2 Å². The number of nitrogens with zero attached hydrogens (tertiary/aromatic N) is 2. The lowest BCUT2D eigenvalue weighted by atomic mass is 10.0. The van der Waals surface area contributed by atoms with Crippen molar-refractivity contribution in [2.45, 2.75) is 26.0 Å². The van der Waals surface area contributed by atoms with Crippen LogP contribution in [0.1, 0.15) is 28.0 Å². The summed E-state index contributed by atoms with van der Waals surface area (Å²) in [4.78, 5) is 12.7. The quantitative estimate of drug-likeness (QED) is 0.507. The van der Waals surface area contributed by atoms with E-state index in [1.54, 1.807) is 4.68 Å². The molecular weight excluding hydrogens is 357 g/mol. The number of aryl methyl sites for hydroxylation is 1. The number of ether oxygens (including phenoxy) is 1. The Labute approximate surface area is 153 Å². The zero-order chi connectivity index (χ0) is 19.0. The Morgan fingerprint density at radius 2 is 1.81 bits per heavy atom. The minimum absolute atomic E-state index is 0.0286. The Kier molecular flexibility index (Phi) is 4.43. The van der Waals surface area contributed by atoms with Gasteiger partial charge in [-0.2, -0.15) is 5.10 Å². The van der Waals surface area contributed by atoms with E-state index in [4.69, 9.17) is 4.74 Å². The van der Waals surface area contributed by atoms with Crippen LogP contribution in [0.2, 0.25) is 0 Å². The molecule has 0 atom stereocenters. The van der Waals surface area contributed by atoms with Crippen LogP contribution in [0.25, 0.3) is 11.3 Å². The van der Waals surface area contributed by atoms with E-state index in [9.17, 15) is 18.0 Å². The van der Waals surface area contributed by atoms with Crippen molar-refractivity contribution >= 4 is 5.97 Å². The van der Waals surface area contributed by atoms with Crippen LogP contribution in [0.4, 0.5) is 13.2 Å². The van der Waals surface area contributed by atoms with Gasteiger partial charge in [0.2, 0.25) is 0 Å². The summed E-state index contributed by atoms with van der Waals surface area (Å²) in [6.07, 6.45) is 1.37. The van der Waals surface area contributed by atoms with E-state index in [0.29, 0.717) is 24.7 Å². The number of benzene rings is 2. The molecule has 0 unspecified atom stereocenters. The summed E-state index contributed by atoms with van der Waals surface area (Å²) in [6, 6.07) is 10.3. The molecule has 0 fully saturated rings. The molecule has 0 amide bonds. The van der Waals surface area contributed by atoms with Gasteiger partial charge in [-0.05, 0) is 24.5 Å². The van der Waals surface area contributed by atoms with Crippen LogP contribution >= 0.6 is 0 Å². The van der Waals surface area contributed by atoms with Gasteiger partial charge in [-0.1, -0.05) is 30.3 Å². The lowest BCUT2D eigenvalue weighted by molar-refractivity contribution is 0.0472.